The second-order valence-electron chi connectivity index (χ2n) is 9.25. The molecule has 4 rings (SSSR count). The van der Waals surface area contributed by atoms with Crippen molar-refractivity contribution in [2.75, 3.05) is 0 Å². The summed E-state index contributed by atoms with van der Waals surface area (Å²) in [7, 11) is 0. The van der Waals surface area contributed by atoms with Crippen LogP contribution in [0.3, 0.4) is 0 Å². The van der Waals surface area contributed by atoms with E-state index in [1.54, 1.807) is 0 Å². The molecule has 26 heavy (non-hydrogen) atoms. The zero-order valence-electron chi connectivity index (χ0n) is 16.6. The van der Waals surface area contributed by atoms with Crippen LogP contribution >= 0.6 is 0 Å². The lowest BCUT2D eigenvalue weighted by Gasteiger charge is -2.42. The van der Waals surface area contributed by atoms with E-state index in [0.29, 0.717) is 5.92 Å². The van der Waals surface area contributed by atoms with Gasteiger partial charge in [-0.3, -0.25) is 0 Å². The van der Waals surface area contributed by atoms with Crippen LogP contribution in [0.5, 0.6) is 0 Å². The highest BCUT2D eigenvalue weighted by Gasteiger charge is 2.36. The Morgan fingerprint density at radius 3 is 2.65 bits per heavy atom. The largest absolute Gasteiger partial charge is 0.206 e. The van der Waals surface area contributed by atoms with Crippen molar-refractivity contribution in [3.63, 3.8) is 0 Å². The molecule has 0 radical (unpaired) electrons. The highest BCUT2D eigenvalue weighted by molar-refractivity contribution is 5.38. The van der Waals surface area contributed by atoms with Gasteiger partial charge in [0.1, 0.15) is 5.82 Å². The van der Waals surface area contributed by atoms with Gasteiger partial charge in [0.05, 0.1) is 0 Å². The first-order valence-corrected chi connectivity index (χ1v) is 11.1. The van der Waals surface area contributed by atoms with Gasteiger partial charge in [0, 0.05) is 0 Å². The Kier molecular flexibility index (Phi) is 5.53. The summed E-state index contributed by atoms with van der Waals surface area (Å²) < 4.78 is 15.3. The first-order chi connectivity index (χ1) is 12.7. The van der Waals surface area contributed by atoms with Crippen molar-refractivity contribution in [2.45, 2.75) is 84.0 Å². The summed E-state index contributed by atoms with van der Waals surface area (Å²) in [5, 5.41) is 0. The van der Waals surface area contributed by atoms with Crippen LogP contribution in [0, 0.1) is 29.5 Å². The van der Waals surface area contributed by atoms with Crippen molar-refractivity contribution >= 4 is 0 Å². The van der Waals surface area contributed by atoms with Gasteiger partial charge < -0.3 is 0 Å². The molecule has 0 amide bonds. The number of hydrogen-bond donors (Lipinski definition) is 0. The molecule has 1 aromatic carbocycles. The Hall–Kier alpha value is -1.11. The minimum atomic E-state index is 0.170. The molecule has 0 N–H and O–H groups in total. The number of allylic oxidation sites excluding steroid dienone is 2. The van der Waals surface area contributed by atoms with E-state index >= 15 is 4.39 Å². The summed E-state index contributed by atoms with van der Waals surface area (Å²) in [5.41, 5.74) is 3.41. The topological polar surface area (TPSA) is 0 Å². The Morgan fingerprint density at radius 1 is 1.04 bits per heavy atom. The van der Waals surface area contributed by atoms with Crippen LogP contribution in [0.1, 0.15) is 87.8 Å². The summed E-state index contributed by atoms with van der Waals surface area (Å²) in [5.74, 6) is 3.90. The molecule has 5 unspecified atom stereocenters. The maximum atomic E-state index is 15.3. The van der Waals surface area contributed by atoms with Crippen LogP contribution in [0.15, 0.2) is 24.3 Å². The van der Waals surface area contributed by atoms with Crippen LogP contribution in [-0.2, 0) is 12.8 Å². The lowest BCUT2D eigenvalue weighted by molar-refractivity contribution is 0.132. The van der Waals surface area contributed by atoms with E-state index in [9.17, 15) is 0 Å². The molecule has 0 bridgehead atoms. The van der Waals surface area contributed by atoms with Gasteiger partial charge in [-0.25, -0.2) is 4.39 Å². The zero-order valence-corrected chi connectivity index (χ0v) is 16.6. The van der Waals surface area contributed by atoms with Crippen molar-refractivity contribution in [1.82, 2.24) is 0 Å². The van der Waals surface area contributed by atoms with Crippen molar-refractivity contribution in [3.05, 3.63) is 46.8 Å². The molecule has 0 saturated heterocycles. The highest BCUT2D eigenvalue weighted by Crippen LogP contribution is 2.48. The van der Waals surface area contributed by atoms with Crippen molar-refractivity contribution in [2.24, 2.45) is 23.7 Å². The summed E-state index contributed by atoms with van der Waals surface area (Å²) >= 11 is 0. The summed E-state index contributed by atoms with van der Waals surface area (Å²) in [6, 6.07) is 4.42. The molecular formula is C25H35F. The Bertz CT molecular complexity index is 658. The van der Waals surface area contributed by atoms with Gasteiger partial charge in [0.25, 0.3) is 0 Å². The molecule has 2 saturated carbocycles. The molecule has 1 aromatic rings. The van der Waals surface area contributed by atoms with Crippen molar-refractivity contribution in [3.8, 4) is 0 Å². The zero-order chi connectivity index (χ0) is 18.1. The van der Waals surface area contributed by atoms with E-state index in [4.69, 9.17) is 0 Å². The van der Waals surface area contributed by atoms with Crippen LogP contribution in [-0.4, -0.2) is 0 Å². The molecule has 0 heterocycles. The maximum Gasteiger partial charge on any atom is 0.130 e. The van der Waals surface area contributed by atoms with E-state index in [2.05, 4.69) is 38.1 Å². The first kappa shape index (κ1) is 18.3. The predicted molar refractivity (Wildman–Crippen MR) is 108 cm³/mol. The molecular weight excluding hydrogens is 319 g/mol. The van der Waals surface area contributed by atoms with Crippen molar-refractivity contribution < 1.29 is 4.39 Å². The van der Waals surface area contributed by atoms with E-state index < -0.39 is 0 Å². The van der Waals surface area contributed by atoms with Crippen LogP contribution in [0.25, 0.3) is 0 Å². The van der Waals surface area contributed by atoms with Gasteiger partial charge >= 0.3 is 0 Å². The minimum Gasteiger partial charge on any atom is -0.206 e. The van der Waals surface area contributed by atoms with Crippen molar-refractivity contribution in [1.29, 1.82) is 0 Å². The molecule has 0 aromatic heterocycles. The summed E-state index contributed by atoms with van der Waals surface area (Å²) in [4.78, 5) is 0. The fourth-order valence-electron chi connectivity index (χ4n) is 6.22. The van der Waals surface area contributed by atoms with Gasteiger partial charge in [-0.1, -0.05) is 37.6 Å². The molecule has 142 valence electrons. The molecule has 1 heteroatoms. The Morgan fingerprint density at radius 2 is 1.85 bits per heavy atom. The minimum absolute atomic E-state index is 0.170. The third-order valence-corrected chi connectivity index (χ3v) is 7.82. The number of rotatable bonds is 3. The first-order valence-electron chi connectivity index (χ1n) is 11.1. The molecule has 0 nitrogen and oxygen atoms in total. The number of fused-ring (bicyclic) bond motifs is 2. The van der Waals surface area contributed by atoms with Gasteiger partial charge in [-0.05, 0) is 111 Å². The second-order valence-corrected chi connectivity index (χ2v) is 9.25. The molecule has 0 aliphatic heterocycles. The van der Waals surface area contributed by atoms with Gasteiger partial charge in [-0.2, -0.15) is 0 Å². The standard InChI is InChI=1S/C25H35F/c1-3-5-18-6-8-20-16-22(10-9-19(20)15-18)24-13-11-21-14-17(4-2)7-12-23(21)25(24)26/h3,5,11,13,17-20,22H,4,6-10,12,14-16H2,1-2H3/b5-3+. The molecule has 2 fully saturated rings. The van der Waals surface area contributed by atoms with Crippen LogP contribution in [0.4, 0.5) is 4.39 Å². The molecule has 3 aliphatic rings. The van der Waals surface area contributed by atoms with Gasteiger partial charge in [0.15, 0.2) is 0 Å². The lowest BCUT2D eigenvalue weighted by Crippen LogP contribution is -2.30. The SMILES string of the molecule is C/C=C/C1CCC2CC(c3ccc4c(c3F)CCC(CC)C4)CCC2C1. The number of hydrogen-bond acceptors (Lipinski definition) is 0. The lowest BCUT2D eigenvalue weighted by atomic mass is 9.63. The second kappa shape index (κ2) is 7.87. The Labute approximate surface area is 159 Å². The monoisotopic (exact) mass is 354 g/mol. The van der Waals surface area contributed by atoms with Gasteiger partial charge in [-0.15, -0.1) is 0 Å². The highest BCUT2D eigenvalue weighted by atomic mass is 19.1. The summed E-state index contributed by atoms with van der Waals surface area (Å²) in [6.45, 7) is 4.41. The van der Waals surface area contributed by atoms with E-state index in [-0.39, 0.29) is 5.82 Å². The van der Waals surface area contributed by atoms with E-state index in [1.165, 1.54) is 56.9 Å². The smallest absolute Gasteiger partial charge is 0.130 e. The van der Waals surface area contributed by atoms with E-state index in [0.717, 1.165) is 47.6 Å². The Balaban J connectivity index is 1.48. The number of benzene rings is 1. The molecule has 0 spiro atoms. The fraction of sp³-hybridized carbons (Fsp3) is 0.680. The third-order valence-electron chi connectivity index (χ3n) is 7.82. The van der Waals surface area contributed by atoms with Gasteiger partial charge in [0.2, 0.25) is 0 Å². The molecule has 3 aliphatic carbocycles. The average molecular weight is 355 g/mol. The molecule has 5 atom stereocenters. The average Bonchev–Trinajstić information content (AvgIpc) is 2.68. The predicted octanol–water partition coefficient (Wildman–Crippen LogP) is 7.22. The van der Waals surface area contributed by atoms with Crippen LogP contribution in [0.2, 0.25) is 0 Å². The normalized spacial score (nSPS) is 34.5. The fourth-order valence-corrected chi connectivity index (χ4v) is 6.22. The summed E-state index contributed by atoms with van der Waals surface area (Å²) in [6.07, 6.45) is 16.8. The van der Waals surface area contributed by atoms with E-state index in [1.807, 2.05) is 0 Å². The maximum absolute atomic E-state index is 15.3. The quantitative estimate of drug-likeness (QED) is 0.503. The number of halogens is 1. The van der Waals surface area contributed by atoms with Crippen LogP contribution < -0.4 is 0 Å². The third kappa shape index (κ3) is 3.51.